The lowest BCUT2D eigenvalue weighted by Crippen LogP contribution is -2.34. The predicted molar refractivity (Wildman–Crippen MR) is 70.9 cm³/mol. The molecule has 0 spiro atoms. The number of hydrogen-bond acceptors (Lipinski definition) is 4. The summed E-state index contributed by atoms with van der Waals surface area (Å²) in [6.07, 6.45) is 6.76. The number of ether oxygens (including phenoxy) is 1. The van der Waals surface area contributed by atoms with Crippen LogP contribution in [0.25, 0.3) is 0 Å². The van der Waals surface area contributed by atoms with Crippen molar-refractivity contribution in [3.63, 3.8) is 0 Å². The highest BCUT2D eigenvalue weighted by Gasteiger charge is 2.28. The Hall–Kier alpha value is -1.36. The maximum absolute atomic E-state index is 12.2. The number of hydrogen-bond donors (Lipinski definition) is 1. The second kappa shape index (κ2) is 5.52. The largest absolute Gasteiger partial charge is 0.379 e. The van der Waals surface area contributed by atoms with Crippen molar-refractivity contribution in [2.45, 2.75) is 51.3 Å². The summed E-state index contributed by atoms with van der Waals surface area (Å²) in [4.78, 5) is 16.3. The third kappa shape index (κ3) is 2.56. The molecule has 1 heterocycles. The van der Waals surface area contributed by atoms with Gasteiger partial charge in [-0.1, -0.05) is 0 Å². The molecule has 0 radical (unpaired) electrons. The van der Waals surface area contributed by atoms with Gasteiger partial charge in [0.25, 0.3) is 5.56 Å². The molecule has 1 aromatic rings. The Bertz CT molecular complexity index is 456. The predicted octanol–water partition coefficient (Wildman–Crippen LogP) is 1.80. The van der Waals surface area contributed by atoms with Crippen LogP contribution in [0.3, 0.4) is 0 Å². The number of aromatic nitrogens is 2. The van der Waals surface area contributed by atoms with Gasteiger partial charge in [-0.15, -0.1) is 0 Å². The first-order chi connectivity index (χ1) is 8.63. The monoisotopic (exact) mass is 251 g/mol. The van der Waals surface area contributed by atoms with E-state index in [1.165, 1.54) is 0 Å². The molecule has 2 unspecified atom stereocenters. The molecule has 0 amide bonds. The van der Waals surface area contributed by atoms with Crippen LogP contribution in [-0.2, 0) is 4.74 Å². The SMILES string of the molecule is COC1CCCC1Nc1nccn(C(C)C)c1=O. The molecule has 0 aromatic carbocycles. The van der Waals surface area contributed by atoms with E-state index in [-0.39, 0.29) is 23.7 Å². The lowest BCUT2D eigenvalue weighted by molar-refractivity contribution is 0.101. The first-order valence-corrected chi connectivity index (χ1v) is 6.50. The summed E-state index contributed by atoms with van der Waals surface area (Å²) in [6.45, 7) is 3.97. The summed E-state index contributed by atoms with van der Waals surface area (Å²) in [7, 11) is 1.72. The molecule has 18 heavy (non-hydrogen) atoms. The second-order valence-electron chi connectivity index (χ2n) is 5.04. The fraction of sp³-hybridized carbons (Fsp3) is 0.692. The topological polar surface area (TPSA) is 56.1 Å². The van der Waals surface area contributed by atoms with Gasteiger partial charge in [-0.3, -0.25) is 4.79 Å². The molecule has 5 nitrogen and oxygen atoms in total. The van der Waals surface area contributed by atoms with Crippen LogP contribution < -0.4 is 10.9 Å². The first-order valence-electron chi connectivity index (χ1n) is 6.50. The van der Waals surface area contributed by atoms with Crippen LogP contribution in [0.2, 0.25) is 0 Å². The standard InChI is InChI=1S/C13H21N3O2/c1-9(2)16-8-7-14-12(13(16)17)15-10-5-4-6-11(10)18-3/h7-11H,4-6H2,1-3H3,(H,14,15). The van der Waals surface area contributed by atoms with E-state index in [4.69, 9.17) is 4.74 Å². The molecule has 0 saturated heterocycles. The maximum Gasteiger partial charge on any atom is 0.293 e. The molecule has 100 valence electrons. The molecule has 0 aliphatic heterocycles. The van der Waals surface area contributed by atoms with Gasteiger partial charge in [0.2, 0.25) is 0 Å². The minimum atomic E-state index is -0.0609. The molecule has 1 aromatic heterocycles. The average molecular weight is 251 g/mol. The minimum absolute atomic E-state index is 0.0609. The Labute approximate surface area is 107 Å². The third-order valence-corrected chi connectivity index (χ3v) is 3.50. The van der Waals surface area contributed by atoms with Crippen molar-refractivity contribution >= 4 is 5.82 Å². The van der Waals surface area contributed by atoms with Gasteiger partial charge in [0.1, 0.15) is 0 Å². The fourth-order valence-electron chi connectivity index (χ4n) is 2.48. The van der Waals surface area contributed by atoms with E-state index < -0.39 is 0 Å². The highest BCUT2D eigenvalue weighted by molar-refractivity contribution is 5.33. The number of methoxy groups -OCH3 is 1. The van der Waals surface area contributed by atoms with Crippen LogP contribution in [0.1, 0.15) is 39.2 Å². The molecule has 1 aliphatic rings. The van der Waals surface area contributed by atoms with E-state index in [1.807, 2.05) is 13.8 Å². The molecule has 1 saturated carbocycles. The third-order valence-electron chi connectivity index (χ3n) is 3.50. The molecular formula is C13H21N3O2. The van der Waals surface area contributed by atoms with Crippen molar-refractivity contribution < 1.29 is 4.74 Å². The highest BCUT2D eigenvalue weighted by Crippen LogP contribution is 2.23. The van der Waals surface area contributed by atoms with Crippen molar-refractivity contribution in [1.29, 1.82) is 0 Å². The van der Waals surface area contributed by atoms with E-state index in [1.54, 1.807) is 24.1 Å². The zero-order valence-electron chi connectivity index (χ0n) is 11.2. The normalized spacial score (nSPS) is 23.6. The Kier molecular flexibility index (Phi) is 4.01. The van der Waals surface area contributed by atoms with Gasteiger partial charge in [-0.2, -0.15) is 0 Å². The smallest absolute Gasteiger partial charge is 0.293 e. The van der Waals surface area contributed by atoms with Gasteiger partial charge in [0.15, 0.2) is 5.82 Å². The average Bonchev–Trinajstić information content (AvgIpc) is 2.78. The second-order valence-corrected chi connectivity index (χ2v) is 5.04. The van der Waals surface area contributed by atoms with E-state index in [0.717, 1.165) is 19.3 Å². The Balaban J connectivity index is 2.19. The van der Waals surface area contributed by atoms with Gasteiger partial charge in [0.05, 0.1) is 12.1 Å². The van der Waals surface area contributed by atoms with E-state index in [2.05, 4.69) is 10.3 Å². The molecule has 1 aliphatic carbocycles. The first kappa shape index (κ1) is 13.1. The summed E-state index contributed by atoms with van der Waals surface area (Å²) in [5, 5.41) is 3.24. The molecule has 5 heteroatoms. The number of nitrogens with one attached hydrogen (secondary N) is 1. The van der Waals surface area contributed by atoms with Crippen molar-refractivity contribution in [2.24, 2.45) is 0 Å². The van der Waals surface area contributed by atoms with Crippen LogP contribution in [0.4, 0.5) is 5.82 Å². The highest BCUT2D eigenvalue weighted by atomic mass is 16.5. The number of nitrogens with zero attached hydrogens (tertiary/aromatic N) is 2. The lowest BCUT2D eigenvalue weighted by atomic mass is 10.2. The van der Waals surface area contributed by atoms with Crippen molar-refractivity contribution in [3.05, 3.63) is 22.7 Å². The van der Waals surface area contributed by atoms with E-state index >= 15 is 0 Å². The van der Waals surface area contributed by atoms with Crippen LogP contribution in [0.15, 0.2) is 17.2 Å². The molecule has 2 rings (SSSR count). The minimum Gasteiger partial charge on any atom is -0.379 e. The summed E-state index contributed by atoms with van der Waals surface area (Å²) in [5.74, 6) is 0.431. The molecule has 1 fully saturated rings. The molecule has 0 bridgehead atoms. The van der Waals surface area contributed by atoms with Crippen LogP contribution in [0.5, 0.6) is 0 Å². The van der Waals surface area contributed by atoms with Gasteiger partial charge in [-0.25, -0.2) is 4.98 Å². The fourth-order valence-corrected chi connectivity index (χ4v) is 2.48. The Morgan fingerprint density at radius 1 is 1.50 bits per heavy atom. The van der Waals surface area contributed by atoms with Crippen molar-refractivity contribution in [1.82, 2.24) is 9.55 Å². The van der Waals surface area contributed by atoms with Gasteiger partial charge in [0, 0.05) is 25.5 Å². The quantitative estimate of drug-likeness (QED) is 0.886. The van der Waals surface area contributed by atoms with Crippen LogP contribution in [0, 0.1) is 0 Å². The maximum atomic E-state index is 12.2. The Morgan fingerprint density at radius 3 is 2.94 bits per heavy atom. The van der Waals surface area contributed by atoms with Crippen molar-refractivity contribution in [2.75, 3.05) is 12.4 Å². The lowest BCUT2D eigenvalue weighted by Gasteiger charge is -2.20. The summed E-state index contributed by atoms with van der Waals surface area (Å²) in [5.41, 5.74) is -0.0609. The van der Waals surface area contributed by atoms with Gasteiger partial charge >= 0.3 is 0 Å². The zero-order chi connectivity index (χ0) is 13.1. The summed E-state index contributed by atoms with van der Waals surface area (Å²) >= 11 is 0. The molecule has 2 atom stereocenters. The Morgan fingerprint density at radius 2 is 2.28 bits per heavy atom. The number of anilines is 1. The van der Waals surface area contributed by atoms with E-state index in [9.17, 15) is 4.79 Å². The van der Waals surface area contributed by atoms with E-state index in [0.29, 0.717) is 5.82 Å². The molecular weight excluding hydrogens is 230 g/mol. The summed E-state index contributed by atoms with van der Waals surface area (Å²) < 4.78 is 7.10. The van der Waals surface area contributed by atoms with Gasteiger partial charge < -0.3 is 14.6 Å². The number of rotatable bonds is 4. The zero-order valence-corrected chi connectivity index (χ0v) is 11.2. The molecule has 1 N–H and O–H groups in total. The summed E-state index contributed by atoms with van der Waals surface area (Å²) in [6, 6.07) is 0.334. The van der Waals surface area contributed by atoms with Gasteiger partial charge in [-0.05, 0) is 33.1 Å². The van der Waals surface area contributed by atoms with Crippen LogP contribution >= 0.6 is 0 Å². The van der Waals surface area contributed by atoms with Crippen molar-refractivity contribution in [3.8, 4) is 0 Å². The van der Waals surface area contributed by atoms with Crippen LogP contribution in [-0.4, -0.2) is 28.8 Å².